The normalized spacial score (nSPS) is 10.8. The molecule has 0 radical (unpaired) electrons. The van der Waals surface area contributed by atoms with E-state index in [1.807, 2.05) is 50.5 Å². The summed E-state index contributed by atoms with van der Waals surface area (Å²) in [5.74, 6) is -0.278. The van der Waals surface area contributed by atoms with Crippen LogP contribution in [0.5, 0.6) is 0 Å². The zero-order valence-electron chi connectivity index (χ0n) is 12.2. The first-order valence-corrected chi connectivity index (χ1v) is 7.02. The highest BCUT2D eigenvalue weighted by atomic mass is 16.5. The second kappa shape index (κ2) is 5.44. The Morgan fingerprint density at radius 1 is 1.14 bits per heavy atom. The minimum Gasteiger partial charge on any atom is -0.462 e. The fourth-order valence-electron chi connectivity index (χ4n) is 2.55. The SMILES string of the molecule is CCOC(=O)c1ccccc1-c1ccc2ccn(C)c2c1. The van der Waals surface area contributed by atoms with E-state index in [1.54, 1.807) is 0 Å². The molecule has 21 heavy (non-hydrogen) atoms. The van der Waals surface area contributed by atoms with Crippen LogP contribution in [0.25, 0.3) is 22.0 Å². The van der Waals surface area contributed by atoms with E-state index in [4.69, 9.17) is 4.74 Å². The number of carbonyl (C=O) groups excluding carboxylic acids is 1. The molecule has 0 fully saturated rings. The predicted molar refractivity (Wildman–Crippen MR) is 84.3 cm³/mol. The van der Waals surface area contributed by atoms with E-state index < -0.39 is 0 Å². The van der Waals surface area contributed by atoms with Crippen molar-refractivity contribution in [1.29, 1.82) is 0 Å². The molecule has 2 aromatic carbocycles. The lowest BCUT2D eigenvalue weighted by Gasteiger charge is -2.09. The van der Waals surface area contributed by atoms with E-state index in [9.17, 15) is 4.79 Å². The Hall–Kier alpha value is -2.55. The molecule has 3 aromatic rings. The molecular weight excluding hydrogens is 262 g/mol. The summed E-state index contributed by atoms with van der Waals surface area (Å²) < 4.78 is 7.22. The van der Waals surface area contributed by atoms with E-state index in [-0.39, 0.29) is 5.97 Å². The minimum absolute atomic E-state index is 0.278. The summed E-state index contributed by atoms with van der Waals surface area (Å²) in [7, 11) is 2.02. The second-order valence-electron chi connectivity index (χ2n) is 4.97. The Morgan fingerprint density at radius 3 is 2.76 bits per heavy atom. The number of hydrogen-bond acceptors (Lipinski definition) is 2. The smallest absolute Gasteiger partial charge is 0.338 e. The number of benzene rings is 2. The highest BCUT2D eigenvalue weighted by Gasteiger charge is 2.13. The zero-order valence-corrected chi connectivity index (χ0v) is 12.2. The number of rotatable bonds is 3. The standard InChI is InChI=1S/C18H17NO2/c1-3-21-18(20)16-7-5-4-6-15(16)14-9-8-13-10-11-19(2)17(13)12-14/h4-12H,3H2,1-2H3. The average molecular weight is 279 g/mol. The van der Waals surface area contributed by atoms with Gasteiger partial charge in [0.15, 0.2) is 0 Å². The number of carbonyl (C=O) groups is 1. The quantitative estimate of drug-likeness (QED) is 0.678. The van der Waals surface area contributed by atoms with Crippen LogP contribution >= 0.6 is 0 Å². The van der Waals surface area contributed by atoms with Crippen molar-refractivity contribution < 1.29 is 9.53 Å². The molecule has 0 unspecified atom stereocenters. The van der Waals surface area contributed by atoms with Crippen molar-refractivity contribution >= 4 is 16.9 Å². The van der Waals surface area contributed by atoms with E-state index in [1.165, 1.54) is 5.39 Å². The Morgan fingerprint density at radius 2 is 1.95 bits per heavy atom. The fraction of sp³-hybridized carbons (Fsp3) is 0.167. The van der Waals surface area contributed by atoms with Gasteiger partial charge in [-0.05, 0) is 41.6 Å². The van der Waals surface area contributed by atoms with Crippen molar-refractivity contribution in [1.82, 2.24) is 4.57 Å². The molecule has 3 rings (SSSR count). The fourth-order valence-corrected chi connectivity index (χ4v) is 2.55. The van der Waals surface area contributed by atoms with Crippen LogP contribution in [-0.2, 0) is 11.8 Å². The molecule has 0 atom stereocenters. The molecule has 0 spiro atoms. The summed E-state index contributed by atoms with van der Waals surface area (Å²) in [4.78, 5) is 12.1. The zero-order chi connectivity index (χ0) is 14.8. The maximum Gasteiger partial charge on any atom is 0.338 e. The summed E-state index contributed by atoms with van der Waals surface area (Å²) in [5, 5.41) is 1.19. The van der Waals surface area contributed by atoms with E-state index in [0.717, 1.165) is 16.6 Å². The summed E-state index contributed by atoms with van der Waals surface area (Å²) in [6.45, 7) is 2.19. The first kappa shape index (κ1) is 13.4. The lowest BCUT2D eigenvalue weighted by Crippen LogP contribution is -2.06. The molecular formula is C18H17NO2. The molecule has 106 valence electrons. The third-order valence-corrected chi connectivity index (χ3v) is 3.62. The van der Waals surface area contributed by atoms with Crippen molar-refractivity contribution in [2.45, 2.75) is 6.92 Å². The summed E-state index contributed by atoms with van der Waals surface area (Å²) in [6, 6.07) is 15.9. The van der Waals surface area contributed by atoms with Gasteiger partial charge in [0.2, 0.25) is 0 Å². The molecule has 3 heteroatoms. The number of esters is 1. The number of aromatic nitrogens is 1. The van der Waals surface area contributed by atoms with Crippen molar-refractivity contribution in [2.75, 3.05) is 6.61 Å². The summed E-state index contributed by atoms with van der Waals surface area (Å²) in [6.07, 6.45) is 2.03. The van der Waals surface area contributed by atoms with Gasteiger partial charge in [-0.2, -0.15) is 0 Å². The molecule has 0 bridgehead atoms. The number of ether oxygens (including phenoxy) is 1. The first-order valence-electron chi connectivity index (χ1n) is 7.02. The molecule has 1 heterocycles. The van der Waals surface area contributed by atoms with Crippen LogP contribution in [0.1, 0.15) is 17.3 Å². The topological polar surface area (TPSA) is 31.2 Å². The van der Waals surface area contributed by atoms with Gasteiger partial charge in [0, 0.05) is 18.8 Å². The van der Waals surface area contributed by atoms with Crippen molar-refractivity contribution in [3.05, 3.63) is 60.3 Å². The molecule has 0 aliphatic carbocycles. The first-order chi connectivity index (χ1) is 10.2. The molecule has 0 saturated carbocycles. The maximum atomic E-state index is 12.1. The number of fused-ring (bicyclic) bond motifs is 1. The van der Waals surface area contributed by atoms with Crippen LogP contribution in [0, 0.1) is 0 Å². The predicted octanol–water partition coefficient (Wildman–Crippen LogP) is 4.02. The molecule has 3 nitrogen and oxygen atoms in total. The Balaban J connectivity index is 2.13. The largest absolute Gasteiger partial charge is 0.462 e. The summed E-state index contributed by atoms with van der Waals surface area (Å²) >= 11 is 0. The van der Waals surface area contributed by atoms with Gasteiger partial charge in [-0.25, -0.2) is 4.79 Å². The van der Waals surface area contributed by atoms with Gasteiger partial charge in [0.05, 0.1) is 12.2 Å². The molecule has 0 saturated heterocycles. The van der Waals surface area contributed by atoms with Gasteiger partial charge < -0.3 is 9.30 Å². The number of nitrogens with zero attached hydrogens (tertiary/aromatic N) is 1. The highest BCUT2D eigenvalue weighted by molar-refractivity contribution is 5.98. The number of hydrogen-bond donors (Lipinski definition) is 0. The monoisotopic (exact) mass is 279 g/mol. The lowest BCUT2D eigenvalue weighted by molar-refractivity contribution is 0.0527. The average Bonchev–Trinajstić information content (AvgIpc) is 2.88. The molecule has 0 N–H and O–H groups in total. The molecule has 1 aromatic heterocycles. The van der Waals surface area contributed by atoms with E-state index in [0.29, 0.717) is 12.2 Å². The van der Waals surface area contributed by atoms with Crippen molar-refractivity contribution in [2.24, 2.45) is 7.05 Å². The van der Waals surface area contributed by atoms with Crippen molar-refractivity contribution in [3.63, 3.8) is 0 Å². The third-order valence-electron chi connectivity index (χ3n) is 3.62. The van der Waals surface area contributed by atoms with Gasteiger partial charge in [-0.3, -0.25) is 0 Å². The Bertz CT molecular complexity index is 802. The molecule has 0 amide bonds. The van der Waals surface area contributed by atoms with Gasteiger partial charge in [-0.1, -0.05) is 30.3 Å². The minimum atomic E-state index is -0.278. The van der Waals surface area contributed by atoms with E-state index in [2.05, 4.69) is 22.8 Å². The molecule has 0 aliphatic rings. The van der Waals surface area contributed by atoms with Crippen LogP contribution in [-0.4, -0.2) is 17.1 Å². The van der Waals surface area contributed by atoms with Gasteiger partial charge in [0.1, 0.15) is 0 Å². The van der Waals surface area contributed by atoms with Crippen LogP contribution in [0.3, 0.4) is 0 Å². The second-order valence-corrected chi connectivity index (χ2v) is 4.97. The highest BCUT2D eigenvalue weighted by Crippen LogP contribution is 2.28. The van der Waals surface area contributed by atoms with Crippen molar-refractivity contribution in [3.8, 4) is 11.1 Å². The van der Waals surface area contributed by atoms with Gasteiger partial charge in [0.25, 0.3) is 0 Å². The van der Waals surface area contributed by atoms with Gasteiger partial charge >= 0.3 is 5.97 Å². The third kappa shape index (κ3) is 2.42. The van der Waals surface area contributed by atoms with Crippen LogP contribution in [0.4, 0.5) is 0 Å². The van der Waals surface area contributed by atoms with Crippen LogP contribution < -0.4 is 0 Å². The van der Waals surface area contributed by atoms with Crippen LogP contribution in [0.2, 0.25) is 0 Å². The Kier molecular flexibility index (Phi) is 3.48. The molecule has 0 aliphatic heterocycles. The Labute approximate surface area is 123 Å². The maximum absolute atomic E-state index is 12.1. The van der Waals surface area contributed by atoms with Crippen LogP contribution in [0.15, 0.2) is 54.7 Å². The lowest BCUT2D eigenvalue weighted by atomic mass is 9.99. The number of aryl methyl sites for hydroxylation is 1. The van der Waals surface area contributed by atoms with Gasteiger partial charge in [-0.15, -0.1) is 0 Å². The summed E-state index contributed by atoms with van der Waals surface area (Å²) in [5.41, 5.74) is 3.67. The van der Waals surface area contributed by atoms with E-state index >= 15 is 0 Å².